The topological polar surface area (TPSA) is 28.2 Å². The van der Waals surface area contributed by atoms with Crippen molar-refractivity contribution in [3.63, 3.8) is 0 Å². The van der Waals surface area contributed by atoms with Crippen molar-refractivity contribution in [2.24, 2.45) is 0 Å². The molecule has 2 aromatic rings. The number of piperazine rings is 1. The number of hydrogen-bond donors (Lipinski definition) is 1. The Kier molecular flexibility index (Phi) is 2.35. The summed E-state index contributed by atoms with van der Waals surface area (Å²) >= 11 is 0. The van der Waals surface area contributed by atoms with E-state index in [1.807, 2.05) is 0 Å². The third-order valence-electron chi connectivity index (χ3n) is 4.19. The molecule has 0 saturated carbocycles. The second-order valence-electron chi connectivity index (χ2n) is 5.42. The highest BCUT2D eigenvalue weighted by Gasteiger charge is 2.37. The number of benzene rings is 1. The fourth-order valence-corrected chi connectivity index (χ4v) is 3.25. The summed E-state index contributed by atoms with van der Waals surface area (Å²) in [6.07, 6.45) is 1.31. The molecule has 92 valence electrons. The summed E-state index contributed by atoms with van der Waals surface area (Å²) in [5.74, 6) is 0. The molecule has 2 fully saturated rings. The maximum absolute atomic E-state index is 4.76. The van der Waals surface area contributed by atoms with Crippen molar-refractivity contribution in [1.29, 1.82) is 0 Å². The number of rotatable bonds is 2. The SMILES string of the molecule is c1ccc2nc(CN3C[C@@H]4C[C@H]3CN4)ccc2c1. The molecule has 1 aromatic heterocycles. The van der Waals surface area contributed by atoms with Gasteiger partial charge in [0.15, 0.2) is 0 Å². The second-order valence-corrected chi connectivity index (χ2v) is 5.42. The van der Waals surface area contributed by atoms with Crippen LogP contribution in [0.25, 0.3) is 10.9 Å². The lowest BCUT2D eigenvalue weighted by molar-refractivity contribution is 0.215. The summed E-state index contributed by atoms with van der Waals surface area (Å²) in [7, 11) is 0. The molecule has 0 spiro atoms. The Hall–Kier alpha value is -1.45. The molecular weight excluding hydrogens is 222 g/mol. The molecule has 2 atom stereocenters. The van der Waals surface area contributed by atoms with Crippen molar-refractivity contribution < 1.29 is 0 Å². The van der Waals surface area contributed by atoms with Gasteiger partial charge in [0.1, 0.15) is 0 Å². The van der Waals surface area contributed by atoms with E-state index in [2.05, 4.69) is 46.6 Å². The van der Waals surface area contributed by atoms with Gasteiger partial charge in [-0.05, 0) is 18.6 Å². The molecule has 1 aromatic carbocycles. The number of likely N-dealkylation sites (tertiary alicyclic amines) is 1. The quantitative estimate of drug-likeness (QED) is 0.866. The fraction of sp³-hybridized carbons (Fsp3) is 0.400. The lowest BCUT2D eigenvalue weighted by Gasteiger charge is -2.26. The number of aromatic nitrogens is 1. The van der Waals surface area contributed by atoms with E-state index < -0.39 is 0 Å². The molecule has 0 unspecified atom stereocenters. The zero-order valence-electron chi connectivity index (χ0n) is 10.3. The Morgan fingerprint density at radius 3 is 3.00 bits per heavy atom. The third kappa shape index (κ3) is 1.71. The van der Waals surface area contributed by atoms with Gasteiger partial charge in [-0.2, -0.15) is 0 Å². The first-order valence-corrected chi connectivity index (χ1v) is 6.70. The van der Waals surface area contributed by atoms with Crippen molar-refractivity contribution in [3.8, 4) is 0 Å². The maximum Gasteiger partial charge on any atom is 0.0705 e. The van der Waals surface area contributed by atoms with Crippen LogP contribution in [0.5, 0.6) is 0 Å². The number of para-hydroxylation sites is 1. The molecule has 4 rings (SSSR count). The highest BCUT2D eigenvalue weighted by Crippen LogP contribution is 2.25. The van der Waals surface area contributed by atoms with E-state index in [4.69, 9.17) is 4.98 Å². The molecule has 2 aliphatic rings. The molecule has 1 N–H and O–H groups in total. The zero-order valence-corrected chi connectivity index (χ0v) is 10.3. The molecular formula is C15H17N3. The van der Waals surface area contributed by atoms with Crippen LogP contribution in [0, 0.1) is 0 Å². The van der Waals surface area contributed by atoms with E-state index in [9.17, 15) is 0 Å². The molecule has 18 heavy (non-hydrogen) atoms. The zero-order chi connectivity index (χ0) is 11.9. The fourth-order valence-electron chi connectivity index (χ4n) is 3.25. The lowest BCUT2D eigenvalue weighted by Crippen LogP contribution is -2.43. The van der Waals surface area contributed by atoms with Crippen LogP contribution in [-0.2, 0) is 6.54 Å². The molecule has 2 saturated heterocycles. The third-order valence-corrected chi connectivity index (χ3v) is 4.19. The standard InChI is InChI=1S/C15H17N3/c1-2-4-15-11(3-1)5-6-12(17-15)9-18-10-13-7-14(18)8-16-13/h1-6,13-14,16H,7-10H2/t13-,14-/m0/s1. The Labute approximate surface area is 107 Å². The lowest BCUT2D eigenvalue weighted by atomic mass is 10.2. The van der Waals surface area contributed by atoms with Crippen LogP contribution in [0.1, 0.15) is 12.1 Å². The number of nitrogens with one attached hydrogen (secondary N) is 1. The van der Waals surface area contributed by atoms with Crippen LogP contribution in [-0.4, -0.2) is 35.1 Å². The predicted octanol–water partition coefficient (Wildman–Crippen LogP) is 1.78. The summed E-state index contributed by atoms with van der Waals surface area (Å²) in [4.78, 5) is 7.33. The van der Waals surface area contributed by atoms with Crippen molar-refractivity contribution >= 4 is 10.9 Å². The Morgan fingerprint density at radius 1 is 1.22 bits per heavy atom. The first kappa shape index (κ1) is 10.5. The minimum absolute atomic E-state index is 0.718. The van der Waals surface area contributed by atoms with Gasteiger partial charge in [0.05, 0.1) is 11.2 Å². The largest absolute Gasteiger partial charge is 0.311 e. The van der Waals surface area contributed by atoms with Crippen molar-refractivity contribution in [2.45, 2.75) is 25.0 Å². The number of fused-ring (bicyclic) bond motifs is 3. The van der Waals surface area contributed by atoms with E-state index >= 15 is 0 Å². The second kappa shape index (κ2) is 4.04. The molecule has 0 amide bonds. The van der Waals surface area contributed by atoms with Crippen LogP contribution in [0.4, 0.5) is 0 Å². The molecule has 2 aliphatic heterocycles. The minimum Gasteiger partial charge on any atom is -0.311 e. The summed E-state index contributed by atoms with van der Waals surface area (Å²) in [5.41, 5.74) is 2.30. The van der Waals surface area contributed by atoms with E-state index in [1.54, 1.807) is 0 Å². The minimum atomic E-state index is 0.718. The van der Waals surface area contributed by atoms with Crippen LogP contribution in [0.3, 0.4) is 0 Å². The van der Waals surface area contributed by atoms with Gasteiger partial charge in [-0.25, -0.2) is 0 Å². The first-order chi connectivity index (χ1) is 8.88. The Balaban J connectivity index is 1.59. The summed E-state index contributed by atoms with van der Waals surface area (Å²) in [6.45, 7) is 3.32. The van der Waals surface area contributed by atoms with Crippen LogP contribution < -0.4 is 5.32 Å². The van der Waals surface area contributed by atoms with Gasteiger partial charge in [-0.15, -0.1) is 0 Å². The Bertz CT molecular complexity index is 581. The van der Waals surface area contributed by atoms with E-state index in [0.29, 0.717) is 0 Å². The highest BCUT2D eigenvalue weighted by molar-refractivity contribution is 5.78. The number of nitrogens with zero attached hydrogens (tertiary/aromatic N) is 2. The van der Waals surface area contributed by atoms with Crippen LogP contribution in [0.15, 0.2) is 36.4 Å². The normalized spacial score (nSPS) is 27.1. The van der Waals surface area contributed by atoms with Crippen molar-refractivity contribution in [3.05, 3.63) is 42.1 Å². The molecule has 3 heteroatoms. The number of pyridine rings is 1. The summed E-state index contributed by atoms with van der Waals surface area (Å²) < 4.78 is 0. The highest BCUT2D eigenvalue weighted by atomic mass is 15.3. The molecule has 0 radical (unpaired) electrons. The monoisotopic (exact) mass is 239 g/mol. The van der Waals surface area contributed by atoms with Gasteiger partial charge in [-0.3, -0.25) is 9.88 Å². The van der Waals surface area contributed by atoms with Gasteiger partial charge in [0, 0.05) is 37.1 Å². The van der Waals surface area contributed by atoms with Gasteiger partial charge in [0.25, 0.3) is 0 Å². The van der Waals surface area contributed by atoms with E-state index in [-0.39, 0.29) is 0 Å². The van der Waals surface area contributed by atoms with Crippen molar-refractivity contribution in [2.75, 3.05) is 13.1 Å². The van der Waals surface area contributed by atoms with Gasteiger partial charge < -0.3 is 5.32 Å². The molecule has 3 nitrogen and oxygen atoms in total. The van der Waals surface area contributed by atoms with E-state index in [0.717, 1.165) is 30.7 Å². The van der Waals surface area contributed by atoms with E-state index in [1.165, 1.54) is 24.0 Å². The van der Waals surface area contributed by atoms with Gasteiger partial charge in [-0.1, -0.05) is 24.3 Å². The summed E-state index contributed by atoms with van der Waals surface area (Å²) in [5, 5.41) is 4.77. The van der Waals surface area contributed by atoms with Gasteiger partial charge in [0.2, 0.25) is 0 Å². The number of hydrogen-bond acceptors (Lipinski definition) is 3. The molecule has 0 aliphatic carbocycles. The predicted molar refractivity (Wildman–Crippen MR) is 72.3 cm³/mol. The van der Waals surface area contributed by atoms with Crippen LogP contribution >= 0.6 is 0 Å². The van der Waals surface area contributed by atoms with Gasteiger partial charge >= 0.3 is 0 Å². The summed E-state index contributed by atoms with van der Waals surface area (Å²) in [6, 6.07) is 14.1. The van der Waals surface area contributed by atoms with Crippen molar-refractivity contribution in [1.82, 2.24) is 15.2 Å². The average Bonchev–Trinajstić information content (AvgIpc) is 3.01. The maximum atomic E-state index is 4.76. The Morgan fingerprint density at radius 2 is 2.17 bits per heavy atom. The molecule has 2 bridgehead atoms. The average molecular weight is 239 g/mol. The first-order valence-electron chi connectivity index (χ1n) is 6.70. The smallest absolute Gasteiger partial charge is 0.0705 e. The van der Waals surface area contributed by atoms with Crippen LogP contribution in [0.2, 0.25) is 0 Å². The molecule has 3 heterocycles.